The molecule has 0 unspecified atom stereocenters. The van der Waals surface area contributed by atoms with E-state index in [4.69, 9.17) is 5.73 Å². The van der Waals surface area contributed by atoms with Crippen LogP contribution in [0.25, 0.3) is 0 Å². The minimum atomic E-state index is 0.603. The molecule has 0 saturated heterocycles. The van der Waals surface area contributed by atoms with E-state index < -0.39 is 0 Å². The van der Waals surface area contributed by atoms with Crippen molar-refractivity contribution in [2.45, 2.75) is 0 Å². The smallest absolute Gasteiger partial charge is 0.0300 e. The summed E-state index contributed by atoms with van der Waals surface area (Å²) in [4.78, 5) is 0. The summed E-state index contributed by atoms with van der Waals surface area (Å²) in [5.74, 6) is 0.603. The zero-order chi connectivity index (χ0) is 5.70. The average molecular weight is 115 g/mol. The number of hydrogen-bond acceptors (Lipinski definition) is 2. The SMILES string of the molecule is C=C/C=C(/N)CS. The molecule has 0 aromatic heterocycles. The maximum absolute atomic E-state index is 5.30. The molecule has 0 amide bonds. The highest BCUT2D eigenvalue weighted by atomic mass is 32.1. The largest absolute Gasteiger partial charge is 0.401 e. The first-order valence-corrected chi connectivity index (χ1v) is 2.62. The molecular weight excluding hydrogens is 106 g/mol. The van der Waals surface area contributed by atoms with Gasteiger partial charge in [0.2, 0.25) is 0 Å². The molecule has 0 atom stereocenters. The number of allylic oxidation sites excluding steroid dienone is 2. The van der Waals surface area contributed by atoms with Gasteiger partial charge in [0.15, 0.2) is 0 Å². The van der Waals surface area contributed by atoms with Gasteiger partial charge < -0.3 is 5.73 Å². The van der Waals surface area contributed by atoms with Crippen molar-refractivity contribution in [2.75, 3.05) is 5.75 Å². The molecule has 0 spiro atoms. The summed E-state index contributed by atoms with van der Waals surface area (Å²) in [7, 11) is 0. The van der Waals surface area contributed by atoms with Crippen LogP contribution >= 0.6 is 12.6 Å². The van der Waals surface area contributed by atoms with Crippen molar-refractivity contribution < 1.29 is 0 Å². The van der Waals surface area contributed by atoms with Gasteiger partial charge >= 0.3 is 0 Å². The third-order valence-corrected chi connectivity index (χ3v) is 0.880. The second-order valence-corrected chi connectivity index (χ2v) is 1.45. The molecule has 0 aliphatic rings. The summed E-state index contributed by atoms with van der Waals surface area (Å²) < 4.78 is 0. The van der Waals surface area contributed by atoms with Crippen molar-refractivity contribution in [1.29, 1.82) is 0 Å². The predicted octanol–water partition coefficient (Wildman–Crippen LogP) is 0.945. The fourth-order valence-corrected chi connectivity index (χ4v) is 0.309. The molecular formula is C5H9NS. The van der Waals surface area contributed by atoms with E-state index in [1.807, 2.05) is 0 Å². The van der Waals surface area contributed by atoms with Crippen molar-refractivity contribution >= 4 is 12.6 Å². The Morgan fingerprint density at radius 1 is 1.86 bits per heavy atom. The van der Waals surface area contributed by atoms with Crippen LogP contribution in [0.5, 0.6) is 0 Å². The van der Waals surface area contributed by atoms with Gasteiger partial charge in [0.05, 0.1) is 0 Å². The quantitative estimate of drug-likeness (QED) is 0.406. The van der Waals surface area contributed by atoms with E-state index in [9.17, 15) is 0 Å². The summed E-state index contributed by atoms with van der Waals surface area (Å²) in [6, 6.07) is 0. The lowest BCUT2D eigenvalue weighted by Gasteiger charge is -1.86. The number of nitrogens with two attached hydrogens (primary N) is 1. The summed E-state index contributed by atoms with van der Waals surface area (Å²) in [5, 5.41) is 0. The van der Waals surface area contributed by atoms with E-state index in [2.05, 4.69) is 19.2 Å². The molecule has 0 aromatic rings. The third kappa shape index (κ3) is 3.46. The lowest BCUT2D eigenvalue weighted by atomic mass is 10.4. The number of hydrogen-bond donors (Lipinski definition) is 2. The summed E-state index contributed by atoms with van der Waals surface area (Å²) in [6.07, 6.45) is 3.37. The molecule has 0 aliphatic carbocycles. The molecule has 0 rings (SSSR count). The summed E-state index contributed by atoms with van der Waals surface area (Å²) in [5.41, 5.74) is 6.05. The van der Waals surface area contributed by atoms with Gasteiger partial charge in [-0.05, 0) is 6.08 Å². The molecule has 1 nitrogen and oxygen atoms in total. The predicted molar refractivity (Wildman–Crippen MR) is 36.3 cm³/mol. The first-order valence-electron chi connectivity index (χ1n) is 1.99. The van der Waals surface area contributed by atoms with Gasteiger partial charge in [0.25, 0.3) is 0 Å². The topological polar surface area (TPSA) is 26.0 Å². The minimum absolute atomic E-state index is 0.603. The van der Waals surface area contributed by atoms with Crippen molar-refractivity contribution in [1.82, 2.24) is 0 Å². The number of rotatable bonds is 2. The Hall–Kier alpha value is -0.370. The van der Waals surface area contributed by atoms with Crippen LogP contribution in [-0.2, 0) is 0 Å². The summed E-state index contributed by atoms with van der Waals surface area (Å²) in [6.45, 7) is 3.46. The fourth-order valence-electron chi connectivity index (χ4n) is 0.204. The zero-order valence-electron chi connectivity index (χ0n) is 4.09. The molecule has 40 valence electrons. The van der Waals surface area contributed by atoms with Crippen molar-refractivity contribution in [2.24, 2.45) is 5.73 Å². The molecule has 0 aliphatic heterocycles. The molecule has 0 radical (unpaired) electrons. The first kappa shape index (κ1) is 6.63. The third-order valence-electron chi connectivity index (χ3n) is 0.515. The van der Waals surface area contributed by atoms with Gasteiger partial charge in [-0.15, -0.1) is 0 Å². The van der Waals surface area contributed by atoms with Crippen LogP contribution in [0.3, 0.4) is 0 Å². The Morgan fingerprint density at radius 2 is 2.43 bits per heavy atom. The molecule has 0 bridgehead atoms. The standard InChI is InChI=1S/C5H9NS/c1-2-3-5(6)4-7/h2-3,7H,1,4,6H2/b5-3+. The van der Waals surface area contributed by atoms with Crippen molar-refractivity contribution in [3.05, 3.63) is 24.4 Å². The number of thiol groups is 1. The molecule has 0 heterocycles. The molecule has 2 heteroatoms. The van der Waals surface area contributed by atoms with Gasteiger partial charge in [-0.3, -0.25) is 0 Å². The van der Waals surface area contributed by atoms with Crippen LogP contribution in [0.15, 0.2) is 24.4 Å². The minimum Gasteiger partial charge on any atom is -0.401 e. The van der Waals surface area contributed by atoms with Crippen molar-refractivity contribution in [3.8, 4) is 0 Å². The molecule has 0 fully saturated rings. The monoisotopic (exact) mass is 115 g/mol. The van der Waals surface area contributed by atoms with E-state index >= 15 is 0 Å². The van der Waals surface area contributed by atoms with E-state index in [0.717, 1.165) is 5.70 Å². The average Bonchev–Trinajstić information content (AvgIpc) is 1.68. The maximum Gasteiger partial charge on any atom is 0.0300 e. The lowest BCUT2D eigenvalue weighted by molar-refractivity contribution is 1.34. The van der Waals surface area contributed by atoms with E-state index in [1.165, 1.54) is 0 Å². The van der Waals surface area contributed by atoms with Crippen LogP contribution in [0.1, 0.15) is 0 Å². The van der Waals surface area contributed by atoms with Gasteiger partial charge in [-0.2, -0.15) is 12.6 Å². The zero-order valence-corrected chi connectivity index (χ0v) is 4.99. The molecule has 0 saturated carbocycles. The van der Waals surface area contributed by atoms with Gasteiger partial charge in [0.1, 0.15) is 0 Å². The summed E-state index contributed by atoms with van der Waals surface area (Å²) >= 11 is 3.91. The second kappa shape index (κ2) is 3.81. The molecule has 0 aromatic carbocycles. The van der Waals surface area contributed by atoms with Crippen LogP contribution in [0.2, 0.25) is 0 Å². The van der Waals surface area contributed by atoms with E-state index in [1.54, 1.807) is 12.2 Å². The van der Waals surface area contributed by atoms with E-state index in [0.29, 0.717) is 5.75 Å². The highest BCUT2D eigenvalue weighted by Gasteiger charge is 1.75. The van der Waals surface area contributed by atoms with Crippen LogP contribution in [-0.4, -0.2) is 5.75 Å². The Balaban J connectivity index is 3.49. The Kier molecular flexibility index (Phi) is 3.61. The van der Waals surface area contributed by atoms with Gasteiger partial charge in [-0.25, -0.2) is 0 Å². The normalized spacial score (nSPS) is 11.3. The Morgan fingerprint density at radius 3 is 2.57 bits per heavy atom. The van der Waals surface area contributed by atoms with Crippen molar-refractivity contribution in [3.63, 3.8) is 0 Å². The second-order valence-electron chi connectivity index (χ2n) is 1.14. The maximum atomic E-state index is 5.30. The van der Waals surface area contributed by atoms with Gasteiger partial charge in [-0.1, -0.05) is 12.7 Å². The van der Waals surface area contributed by atoms with Gasteiger partial charge in [0, 0.05) is 11.4 Å². The highest BCUT2D eigenvalue weighted by Crippen LogP contribution is 1.85. The Bertz CT molecular complexity index is 86.1. The molecule has 2 N–H and O–H groups in total. The van der Waals surface area contributed by atoms with Crippen LogP contribution < -0.4 is 5.73 Å². The molecule has 7 heavy (non-hydrogen) atoms. The Labute approximate surface area is 49.3 Å². The fraction of sp³-hybridized carbons (Fsp3) is 0.200. The van der Waals surface area contributed by atoms with E-state index in [-0.39, 0.29) is 0 Å². The highest BCUT2D eigenvalue weighted by molar-refractivity contribution is 7.80. The van der Waals surface area contributed by atoms with Crippen LogP contribution in [0.4, 0.5) is 0 Å². The lowest BCUT2D eigenvalue weighted by Crippen LogP contribution is -1.96. The first-order chi connectivity index (χ1) is 3.31. The van der Waals surface area contributed by atoms with Crippen LogP contribution in [0, 0.1) is 0 Å².